The molecule has 1 aliphatic heterocycles. The SMILES string of the molecule is O=C1c2ccccc2C(=O)N1CNc1ccc(N([O-])[O-])cc1N(O)O. The van der Waals surface area contributed by atoms with Crippen molar-refractivity contribution in [2.45, 2.75) is 0 Å². The van der Waals surface area contributed by atoms with Crippen molar-refractivity contribution < 1.29 is 20.0 Å². The summed E-state index contributed by atoms with van der Waals surface area (Å²) in [6, 6.07) is 9.69. The minimum atomic E-state index is -0.694. The first-order valence-electron chi connectivity index (χ1n) is 7.05. The predicted octanol–water partition coefficient (Wildman–Crippen LogP) is 1.74. The highest BCUT2D eigenvalue weighted by Gasteiger charge is 2.34. The smallest absolute Gasteiger partial charge is 0.263 e. The number of amides is 2. The van der Waals surface area contributed by atoms with Crippen molar-refractivity contribution in [2.75, 3.05) is 22.4 Å². The molecular weight excluding hydrogens is 332 g/mol. The Morgan fingerprint density at radius 3 is 2.12 bits per heavy atom. The lowest BCUT2D eigenvalue weighted by atomic mass is 10.1. The first-order chi connectivity index (χ1) is 11.9. The minimum Gasteiger partial charge on any atom is -0.769 e. The van der Waals surface area contributed by atoms with Gasteiger partial charge in [0.15, 0.2) is 0 Å². The Balaban J connectivity index is 1.81. The lowest BCUT2D eigenvalue weighted by Gasteiger charge is -2.38. The van der Waals surface area contributed by atoms with Gasteiger partial charge in [-0.05, 0) is 30.3 Å². The van der Waals surface area contributed by atoms with Crippen LogP contribution in [-0.2, 0) is 0 Å². The average molecular weight is 344 g/mol. The fraction of sp³-hybridized carbons (Fsp3) is 0.0667. The summed E-state index contributed by atoms with van der Waals surface area (Å²) in [5, 5.41) is 41.7. The van der Waals surface area contributed by atoms with Gasteiger partial charge < -0.3 is 21.0 Å². The third-order valence-corrected chi connectivity index (χ3v) is 3.71. The van der Waals surface area contributed by atoms with Crippen LogP contribution in [0.4, 0.5) is 17.1 Å². The van der Waals surface area contributed by atoms with Gasteiger partial charge in [-0.3, -0.25) is 24.9 Å². The Kier molecular flexibility index (Phi) is 4.25. The molecule has 130 valence electrons. The van der Waals surface area contributed by atoms with Crippen LogP contribution in [0.15, 0.2) is 42.5 Å². The maximum atomic E-state index is 12.3. The van der Waals surface area contributed by atoms with Crippen LogP contribution >= 0.6 is 0 Å². The van der Waals surface area contributed by atoms with Gasteiger partial charge in [0.2, 0.25) is 0 Å². The second-order valence-electron chi connectivity index (χ2n) is 5.17. The van der Waals surface area contributed by atoms with Crippen molar-refractivity contribution in [1.29, 1.82) is 0 Å². The first-order valence-corrected chi connectivity index (χ1v) is 7.05. The number of imide groups is 1. The number of nitrogens with zero attached hydrogens (tertiary/aromatic N) is 3. The fourth-order valence-electron chi connectivity index (χ4n) is 2.50. The zero-order chi connectivity index (χ0) is 18.1. The van der Waals surface area contributed by atoms with Gasteiger partial charge in [0.05, 0.1) is 23.5 Å². The summed E-state index contributed by atoms with van der Waals surface area (Å²) in [5.74, 6) is -0.970. The molecule has 0 fully saturated rings. The summed E-state index contributed by atoms with van der Waals surface area (Å²) >= 11 is 0. The lowest BCUT2D eigenvalue weighted by molar-refractivity contribution is 0.0295. The number of hydrogen-bond donors (Lipinski definition) is 3. The highest BCUT2D eigenvalue weighted by atomic mass is 16.8. The van der Waals surface area contributed by atoms with Crippen LogP contribution in [-0.4, -0.2) is 33.8 Å². The van der Waals surface area contributed by atoms with Crippen molar-refractivity contribution >= 4 is 28.9 Å². The molecule has 0 atom stereocenters. The number of benzene rings is 2. The normalized spacial score (nSPS) is 13.0. The maximum absolute atomic E-state index is 12.3. The molecule has 0 spiro atoms. The molecule has 2 amide bonds. The second-order valence-corrected chi connectivity index (χ2v) is 5.17. The van der Waals surface area contributed by atoms with Gasteiger partial charge in [0.25, 0.3) is 11.8 Å². The van der Waals surface area contributed by atoms with Gasteiger partial charge in [-0.2, -0.15) is 0 Å². The van der Waals surface area contributed by atoms with Crippen LogP contribution in [0, 0.1) is 10.4 Å². The van der Waals surface area contributed by atoms with E-state index in [0.29, 0.717) is 0 Å². The number of hydrogen-bond acceptors (Lipinski definition) is 9. The minimum absolute atomic E-state index is 0.0900. The molecule has 0 unspecified atom stereocenters. The molecule has 10 heteroatoms. The van der Waals surface area contributed by atoms with Crippen LogP contribution in [0.25, 0.3) is 0 Å². The highest BCUT2D eigenvalue weighted by Crippen LogP contribution is 2.30. The number of fused-ring (bicyclic) bond motifs is 1. The van der Waals surface area contributed by atoms with E-state index in [2.05, 4.69) is 5.32 Å². The second kappa shape index (κ2) is 6.37. The lowest BCUT2D eigenvalue weighted by Crippen LogP contribution is -2.34. The molecule has 0 bridgehead atoms. The number of carbonyl (C=O) groups excluding carboxylic acids is 2. The largest absolute Gasteiger partial charge is 0.769 e. The Hall–Kier alpha value is -3.18. The Bertz CT molecular complexity index is 804. The topological polar surface area (TPSA) is 142 Å². The van der Waals surface area contributed by atoms with E-state index in [1.165, 1.54) is 18.2 Å². The van der Waals surface area contributed by atoms with E-state index in [-0.39, 0.29) is 40.1 Å². The van der Waals surface area contributed by atoms with Crippen molar-refractivity contribution in [1.82, 2.24) is 4.90 Å². The van der Waals surface area contributed by atoms with Crippen LogP contribution in [0.1, 0.15) is 20.7 Å². The zero-order valence-electron chi connectivity index (χ0n) is 12.6. The molecular formula is C15H12N4O6-2. The van der Waals surface area contributed by atoms with E-state index in [1.807, 2.05) is 0 Å². The maximum Gasteiger partial charge on any atom is 0.263 e. The molecule has 3 N–H and O–H groups in total. The van der Waals surface area contributed by atoms with E-state index < -0.39 is 17.0 Å². The van der Waals surface area contributed by atoms with Gasteiger partial charge in [0, 0.05) is 5.69 Å². The molecule has 0 aromatic heterocycles. The summed E-state index contributed by atoms with van der Waals surface area (Å²) in [6.07, 6.45) is 0. The van der Waals surface area contributed by atoms with Gasteiger partial charge in [-0.15, -0.1) is 5.23 Å². The predicted molar refractivity (Wildman–Crippen MR) is 87.1 cm³/mol. The quantitative estimate of drug-likeness (QED) is 0.546. The summed E-state index contributed by atoms with van der Waals surface area (Å²) in [7, 11) is 0. The van der Waals surface area contributed by atoms with E-state index in [0.717, 1.165) is 17.0 Å². The van der Waals surface area contributed by atoms with E-state index in [1.54, 1.807) is 12.1 Å². The number of carbonyl (C=O) groups is 2. The van der Waals surface area contributed by atoms with Crippen molar-refractivity contribution in [3.63, 3.8) is 0 Å². The molecule has 2 aromatic carbocycles. The monoisotopic (exact) mass is 344 g/mol. The van der Waals surface area contributed by atoms with E-state index in [4.69, 9.17) is 0 Å². The molecule has 25 heavy (non-hydrogen) atoms. The summed E-state index contributed by atoms with van der Waals surface area (Å²) in [6.45, 7) is -0.245. The molecule has 0 radical (unpaired) electrons. The molecule has 3 rings (SSSR count). The molecule has 0 saturated carbocycles. The standard InChI is InChI=1S/C15H12N4O6/c20-14-10-3-1-2-4-11(10)15(21)17(14)8-16-12-6-5-9(18(22)23)7-13(12)19(24)25/h1-7,16,24-25H,8H2/q-2. The van der Waals surface area contributed by atoms with Crippen LogP contribution in [0.2, 0.25) is 0 Å². The number of rotatable bonds is 5. The van der Waals surface area contributed by atoms with Crippen molar-refractivity contribution in [2.24, 2.45) is 0 Å². The Morgan fingerprint density at radius 1 is 1.00 bits per heavy atom. The average Bonchev–Trinajstić information content (AvgIpc) is 2.84. The van der Waals surface area contributed by atoms with Crippen LogP contribution in [0.3, 0.4) is 0 Å². The molecule has 2 aromatic rings. The van der Waals surface area contributed by atoms with Crippen LogP contribution < -0.4 is 15.8 Å². The van der Waals surface area contributed by atoms with Gasteiger partial charge in [-0.25, -0.2) is 0 Å². The summed E-state index contributed by atoms with van der Waals surface area (Å²) < 4.78 is 0. The molecule has 1 heterocycles. The highest BCUT2D eigenvalue weighted by molar-refractivity contribution is 6.21. The van der Waals surface area contributed by atoms with Crippen molar-refractivity contribution in [3.05, 3.63) is 64.0 Å². The van der Waals surface area contributed by atoms with Gasteiger partial charge in [0.1, 0.15) is 5.69 Å². The third kappa shape index (κ3) is 2.97. The van der Waals surface area contributed by atoms with Gasteiger partial charge in [-0.1, -0.05) is 12.1 Å². The van der Waals surface area contributed by atoms with E-state index >= 15 is 0 Å². The zero-order valence-corrected chi connectivity index (χ0v) is 12.6. The van der Waals surface area contributed by atoms with E-state index in [9.17, 15) is 30.4 Å². The molecule has 10 nitrogen and oxygen atoms in total. The first kappa shape index (κ1) is 16.7. The Morgan fingerprint density at radius 2 is 1.60 bits per heavy atom. The van der Waals surface area contributed by atoms with Gasteiger partial charge >= 0.3 is 0 Å². The Labute approximate surface area is 141 Å². The third-order valence-electron chi connectivity index (χ3n) is 3.71. The van der Waals surface area contributed by atoms with Crippen molar-refractivity contribution in [3.8, 4) is 0 Å². The summed E-state index contributed by atoms with van der Waals surface area (Å²) in [5.41, 5.74) is 0.000627. The van der Waals surface area contributed by atoms with Crippen LogP contribution in [0.5, 0.6) is 0 Å². The summed E-state index contributed by atoms with van der Waals surface area (Å²) in [4.78, 5) is 25.5. The number of nitrogens with one attached hydrogen (secondary N) is 1. The fourth-order valence-corrected chi connectivity index (χ4v) is 2.50. The molecule has 0 aliphatic carbocycles. The molecule has 1 aliphatic rings. The molecule has 0 saturated heterocycles. The number of anilines is 3.